The van der Waals surface area contributed by atoms with Gasteiger partial charge in [-0.2, -0.15) is 0 Å². The average Bonchev–Trinajstić information content (AvgIpc) is 2.48. The van der Waals surface area contributed by atoms with Crippen LogP contribution in [0.3, 0.4) is 0 Å². The summed E-state index contributed by atoms with van der Waals surface area (Å²) in [5, 5.41) is 14.2. The molecule has 2 aromatic rings. The zero-order valence-corrected chi connectivity index (χ0v) is 12.1. The molecule has 0 heterocycles. The highest BCUT2D eigenvalue weighted by atomic mass is 32.1. The second-order valence-electron chi connectivity index (χ2n) is 4.34. The van der Waals surface area contributed by atoms with E-state index in [-0.39, 0.29) is 5.69 Å². The third-order valence-electron chi connectivity index (χ3n) is 2.72. The molecule has 0 aliphatic heterocycles. The summed E-state index contributed by atoms with van der Waals surface area (Å²) < 4.78 is 0. The highest BCUT2D eigenvalue weighted by molar-refractivity contribution is 7.80. The van der Waals surface area contributed by atoms with Crippen LogP contribution in [0.5, 0.6) is 0 Å². The number of nitrogens with zero attached hydrogens (tertiary/aromatic N) is 1. The quantitative estimate of drug-likeness (QED) is 0.457. The maximum atomic E-state index is 10.9. The van der Waals surface area contributed by atoms with Gasteiger partial charge in [-0.05, 0) is 37.3 Å². The zero-order valence-electron chi connectivity index (χ0n) is 11.3. The van der Waals surface area contributed by atoms with Crippen molar-refractivity contribution in [3.8, 4) is 0 Å². The zero-order chi connectivity index (χ0) is 15.2. The molecule has 21 heavy (non-hydrogen) atoms. The minimum Gasteiger partial charge on any atom is -0.331 e. The third kappa shape index (κ3) is 4.15. The summed E-state index contributed by atoms with van der Waals surface area (Å²) in [5.74, 6) is 0. The molecule has 0 aliphatic carbocycles. The first kappa shape index (κ1) is 14.7. The summed E-state index contributed by atoms with van der Waals surface area (Å²) in [5.41, 5.74) is 7.76. The predicted octanol–water partition coefficient (Wildman–Crippen LogP) is 3.22. The molecular formula is C14H14N4O2S. The highest BCUT2D eigenvalue weighted by Crippen LogP contribution is 2.22. The summed E-state index contributed by atoms with van der Waals surface area (Å²) in [7, 11) is 0. The van der Waals surface area contributed by atoms with Crippen LogP contribution in [0.4, 0.5) is 17.1 Å². The number of thiocarbonyl (C=S) groups is 1. The Morgan fingerprint density at radius 3 is 2.48 bits per heavy atom. The first-order valence-corrected chi connectivity index (χ1v) is 6.60. The van der Waals surface area contributed by atoms with Gasteiger partial charge < -0.3 is 5.32 Å². The van der Waals surface area contributed by atoms with Crippen LogP contribution in [0, 0.1) is 17.0 Å². The van der Waals surface area contributed by atoms with Crippen LogP contribution in [0.15, 0.2) is 48.5 Å². The van der Waals surface area contributed by atoms with Crippen molar-refractivity contribution in [1.29, 1.82) is 0 Å². The number of anilines is 2. The number of nitrogens with one attached hydrogen (secondary N) is 3. The van der Waals surface area contributed by atoms with Crippen molar-refractivity contribution in [1.82, 2.24) is 5.43 Å². The number of nitro groups is 1. The van der Waals surface area contributed by atoms with Gasteiger partial charge in [0.15, 0.2) is 5.11 Å². The maximum Gasteiger partial charge on any atom is 0.294 e. The SMILES string of the molecule is Cc1ccc(NC(=S)NNc2ccccc2[N+](=O)[O-])cc1. The summed E-state index contributed by atoms with van der Waals surface area (Å²) in [4.78, 5) is 10.4. The minimum absolute atomic E-state index is 0.0249. The van der Waals surface area contributed by atoms with Crippen molar-refractivity contribution in [2.75, 3.05) is 10.7 Å². The average molecular weight is 302 g/mol. The highest BCUT2D eigenvalue weighted by Gasteiger charge is 2.11. The Labute approximate surface area is 127 Å². The molecule has 0 spiro atoms. The van der Waals surface area contributed by atoms with Gasteiger partial charge in [-0.25, -0.2) is 0 Å². The Morgan fingerprint density at radius 1 is 1.14 bits per heavy atom. The molecular weight excluding hydrogens is 288 g/mol. The minimum atomic E-state index is -0.458. The normalized spacial score (nSPS) is 9.76. The van der Waals surface area contributed by atoms with E-state index in [9.17, 15) is 10.1 Å². The largest absolute Gasteiger partial charge is 0.331 e. The van der Waals surface area contributed by atoms with Crippen molar-refractivity contribution in [3.63, 3.8) is 0 Å². The van der Waals surface area contributed by atoms with E-state index in [2.05, 4.69) is 16.2 Å². The van der Waals surface area contributed by atoms with Gasteiger partial charge >= 0.3 is 0 Å². The number of rotatable bonds is 4. The molecule has 0 atom stereocenters. The molecule has 0 aliphatic rings. The Kier molecular flexibility index (Phi) is 4.68. The van der Waals surface area contributed by atoms with Crippen molar-refractivity contribution < 1.29 is 4.92 Å². The van der Waals surface area contributed by atoms with E-state index in [0.717, 1.165) is 11.3 Å². The summed E-state index contributed by atoms with van der Waals surface area (Å²) >= 11 is 5.12. The van der Waals surface area contributed by atoms with E-state index >= 15 is 0 Å². The van der Waals surface area contributed by atoms with Gasteiger partial charge in [0.2, 0.25) is 0 Å². The van der Waals surface area contributed by atoms with Crippen LogP contribution in [-0.2, 0) is 0 Å². The molecule has 0 saturated carbocycles. The smallest absolute Gasteiger partial charge is 0.294 e. The molecule has 0 saturated heterocycles. The topological polar surface area (TPSA) is 79.2 Å². The number of nitro benzene ring substituents is 1. The lowest BCUT2D eigenvalue weighted by atomic mass is 10.2. The van der Waals surface area contributed by atoms with Crippen LogP contribution < -0.4 is 16.2 Å². The molecule has 2 aromatic carbocycles. The Bertz CT molecular complexity index is 658. The molecule has 0 radical (unpaired) electrons. The molecule has 0 aromatic heterocycles. The second kappa shape index (κ2) is 6.67. The fourth-order valence-electron chi connectivity index (χ4n) is 1.66. The molecule has 3 N–H and O–H groups in total. The van der Waals surface area contributed by atoms with Crippen LogP contribution in [-0.4, -0.2) is 10.0 Å². The lowest BCUT2D eigenvalue weighted by molar-refractivity contribution is -0.384. The Morgan fingerprint density at radius 2 is 1.81 bits per heavy atom. The standard InChI is InChI=1S/C14H14N4O2S/c1-10-6-8-11(9-7-10)15-14(21)17-16-12-4-2-3-5-13(12)18(19)20/h2-9,16H,1H3,(H2,15,17,21). The van der Waals surface area contributed by atoms with Gasteiger partial charge in [0.1, 0.15) is 5.69 Å². The molecule has 0 bridgehead atoms. The van der Waals surface area contributed by atoms with Crippen molar-refractivity contribution in [3.05, 3.63) is 64.2 Å². The summed E-state index contributed by atoms with van der Waals surface area (Å²) in [6.45, 7) is 2.00. The third-order valence-corrected chi connectivity index (χ3v) is 2.93. The molecule has 2 rings (SSSR count). The molecule has 0 fully saturated rings. The van der Waals surface area contributed by atoms with E-state index in [1.54, 1.807) is 18.2 Å². The van der Waals surface area contributed by atoms with E-state index in [0.29, 0.717) is 10.8 Å². The van der Waals surface area contributed by atoms with Crippen LogP contribution in [0.1, 0.15) is 5.56 Å². The number of benzene rings is 2. The molecule has 6 nitrogen and oxygen atoms in total. The maximum absolute atomic E-state index is 10.9. The van der Waals surface area contributed by atoms with Gasteiger partial charge in [0, 0.05) is 11.8 Å². The predicted molar refractivity (Wildman–Crippen MR) is 87.3 cm³/mol. The van der Waals surface area contributed by atoms with E-state index in [1.165, 1.54) is 6.07 Å². The van der Waals surface area contributed by atoms with Gasteiger partial charge in [0.25, 0.3) is 5.69 Å². The van der Waals surface area contributed by atoms with E-state index in [4.69, 9.17) is 12.2 Å². The van der Waals surface area contributed by atoms with Crippen LogP contribution in [0.25, 0.3) is 0 Å². The number of aryl methyl sites for hydroxylation is 1. The molecule has 7 heteroatoms. The van der Waals surface area contributed by atoms with Crippen LogP contribution >= 0.6 is 12.2 Å². The van der Waals surface area contributed by atoms with Gasteiger partial charge in [0.05, 0.1) is 4.92 Å². The summed E-state index contributed by atoms with van der Waals surface area (Å²) in [6.07, 6.45) is 0. The number of hydrogen-bond donors (Lipinski definition) is 3. The Hall–Kier alpha value is -2.67. The lowest BCUT2D eigenvalue weighted by Crippen LogP contribution is -2.33. The first-order valence-electron chi connectivity index (χ1n) is 6.19. The molecule has 0 unspecified atom stereocenters. The van der Waals surface area contributed by atoms with Gasteiger partial charge in [-0.3, -0.25) is 21.0 Å². The fourth-order valence-corrected chi connectivity index (χ4v) is 1.83. The van der Waals surface area contributed by atoms with Gasteiger partial charge in [-0.1, -0.05) is 29.8 Å². The fraction of sp³-hybridized carbons (Fsp3) is 0.0714. The van der Waals surface area contributed by atoms with Crippen molar-refractivity contribution >= 4 is 34.4 Å². The Balaban J connectivity index is 1.95. The number of hydrogen-bond acceptors (Lipinski definition) is 4. The van der Waals surface area contributed by atoms with Crippen LogP contribution in [0.2, 0.25) is 0 Å². The first-order chi connectivity index (χ1) is 10.1. The lowest BCUT2D eigenvalue weighted by Gasteiger charge is -2.12. The second-order valence-corrected chi connectivity index (χ2v) is 4.75. The van der Waals surface area contributed by atoms with Gasteiger partial charge in [-0.15, -0.1) is 0 Å². The monoisotopic (exact) mass is 302 g/mol. The molecule has 0 amide bonds. The van der Waals surface area contributed by atoms with E-state index in [1.807, 2.05) is 31.2 Å². The summed E-state index contributed by atoms with van der Waals surface area (Å²) in [6, 6.07) is 14.0. The number of hydrazine groups is 1. The van der Waals surface area contributed by atoms with Crippen molar-refractivity contribution in [2.45, 2.75) is 6.92 Å². The number of para-hydroxylation sites is 2. The van der Waals surface area contributed by atoms with Crippen molar-refractivity contribution in [2.24, 2.45) is 0 Å². The molecule has 108 valence electrons. The van der Waals surface area contributed by atoms with E-state index < -0.39 is 4.92 Å².